The summed E-state index contributed by atoms with van der Waals surface area (Å²) >= 11 is 0. The molecule has 4 atom stereocenters. The Kier molecular flexibility index (Phi) is 6.72. The van der Waals surface area contributed by atoms with Crippen LogP contribution in [0.1, 0.15) is 37.7 Å². The molecule has 0 N–H and O–H groups in total. The van der Waals surface area contributed by atoms with Crippen molar-refractivity contribution in [1.82, 2.24) is 4.31 Å². The molecule has 0 unspecified atom stereocenters. The van der Waals surface area contributed by atoms with Crippen molar-refractivity contribution in [2.24, 2.45) is 17.3 Å². The van der Waals surface area contributed by atoms with Crippen LogP contribution in [0.5, 0.6) is 11.5 Å². The molecule has 39 heavy (non-hydrogen) atoms. The number of methoxy groups -OCH3 is 1. The van der Waals surface area contributed by atoms with Gasteiger partial charge < -0.3 is 9.47 Å². The molecular weight excluding hydrogens is 539 g/mol. The molecule has 8 nitrogen and oxygen atoms in total. The molecule has 1 heterocycles. The molecule has 1 aliphatic heterocycles. The van der Waals surface area contributed by atoms with Crippen LogP contribution in [0.4, 0.5) is 13.2 Å². The van der Waals surface area contributed by atoms with Gasteiger partial charge in [0, 0.05) is 24.7 Å². The molecule has 2 aromatic carbocycles. The lowest BCUT2D eigenvalue weighted by atomic mass is 9.61. The monoisotopic (exact) mass is 565 g/mol. The third-order valence-electron chi connectivity index (χ3n) is 8.15. The molecule has 5 rings (SSSR count). The lowest BCUT2D eigenvalue weighted by Crippen LogP contribution is -2.51. The number of rotatable bonds is 8. The maximum atomic E-state index is 13.6. The van der Waals surface area contributed by atoms with Crippen molar-refractivity contribution in [2.75, 3.05) is 13.7 Å². The Morgan fingerprint density at radius 2 is 1.59 bits per heavy atom. The van der Waals surface area contributed by atoms with Gasteiger partial charge in [-0.3, -0.25) is 14.4 Å². The number of nitrogens with zero attached hydrogens (tertiary/aromatic N) is 1. The van der Waals surface area contributed by atoms with Gasteiger partial charge in [-0.2, -0.15) is 13.2 Å². The van der Waals surface area contributed by atoms with Crippen molar-refractivity contribution in [3.05, 3.63) is 54.1 Å². The molecule has 3 aliphatic rings. The molecule has 0 bridgehead atoms. The van der Waals surface area contributed by atoms with Gasteiger partial charge >= 0.3 is 6.18 Å². The Labute approximate surface area is 223 Å². The molecule has 2 aliphatic carbocycles. The molecule has 1 saturated heterocycles. The highest BCUT2D eigenvalue weighted by Crippen LogP contribution is 2.62. The van der Waals surface area contributed by atoms with Gasteiger partial charge in [-0.15, -0.1) is 0 Å². The van der Waals surface area contributed by atoms with Crippen LogP contribution in [0.15, 0.2) is 53.4 Å². The number of ketones is 2. The number of alkyl halides is 3. The average molecular weight is 566 g/mol. The topological polar surface area (TPSA) is 107 Å². The second kappa shape index (κ2) is 9.65. The maximum absolute atomic E-state index is 13.6. The molecule has 12 heteroatoms. The highest BCUT2D eigenvalue weighted by Gasteiger charge is 2.72. The summed E-state index contributed by atoms with van der Waals surface area (Å²) in [7, 11) is -3.10. The molecule has 208 valence electrons. The largest absolute Gasteiger partial charge is 0.497 e. The number of carbonyl (C=O) groups is 3. The molecule has 3 fully saturated rings. The summed E-state index contributed by atoms with van der Waals surface area (Å²) in [6.07, 6.45) is -4.18. The second-order valence-electron chi connectivity index (χ2n) is 10.2. The van der Waals surface area contributed by atoms with Gasteiger partial charge in [0.1, 0.15) is 29.0 Å². The second-order valence-corrected chi connectivity index (χ2v) is 12.0. The van der Waals surface area contributed by atoms with E-state index in [0.717, 1.165) is 12.1 Å². The van der Waals surface area contributed by atoms with E-state index in [9.17, 15) is 36.0 Å². The third-order valence-corrected chi connectivity index (χ3v) is 9.97. The molecule has 2 saturated carbocycles. The highest BCUT2D eigenvalue weighted by molar-refractivity contribution is 7.89. The number of benzene rings is 2. The summed E-state index contributed by atoms with van der Waals surface area (Å²) in [6.45, 7) is 0.224. The number of hydrogen-bond acceptors (Lipinski definition) is 7. The number of Topliss-reactive ketones (excluding diaryl/α,β-unsaturated/α-hetero) is 2. The molecule has 0 radical (unpaired) electrons. The summed E-state index contributed by atoms with van der Waals surface area (Å²) in [6, 6.07) is 8.65. The Hall–Kier alpha value is -3.41. The first kappa shape index (κ1) is 27.2. The van der Waals surface area contributed by atoms with E-state index in [-0.39, 0.29) is 38.1 Å². The minimum absolute atomic E-state index is 0.00610. The van der Waals surface area contributed by atoms with Crippen molar-refractivity contribution in [2.45, 2.75) is 49.2 Å². The van der Waals surface area contributed by atoms with Gasteiger partial charge in [-0.25, -0.2) is 12.7 Å². The zero-order valence-electron chi connectivity index (χ0n) is 20.9. The predicted octanol–water partition coefficient (Wildman–Crippen LogP) is 4.03. The first-order valence-corrected chi connectivity index (χ1v) is 13.9. The summed E-state index contributed by atoms with van der Waals surface area (Å²) < 4.78 is 77.8. The van der Waals surface area contributed by atoms with Crippen molar-refractivity contribution < 1.29 is 45.4 Å². The predicted molar refractivity (Wildman–Crippen MR) is 130 cm³/mol. The fourth-order valence-electron chi connectivity index (χ4n) is 6.50. The molecular formula is C27H26F3NO7S. The molecule has 1 amide bonds. The Morgan fingerprint density at radius 1 is 0.949 bits per heavy atom. The van der Waals surface area contributed by atoms with E-state index in [1.807, 2.05) is 0 Å². The summed E-state index contributed by atoms with van der Waals surface area (Å²) in [5, 5.41) is 0. The van der Waals surface area contributed by atoms with Gasteiger partial charge in [-0.1, -0.05) is 0 Å². The van der Waals surface area contributed by atoms with Gasteiger partial charge in [0.2, 0.25) is 5.91 Å². The molecule has 0 aromatic heterocycles. The van der Waals surface area contributed by atoms with Crippen LogP contribution in [-0.2, 0) is 30.6 Å². The highest BCUT2D eigenvalue weighted by atomic mass is 32.2. The quantitative estimate of drug-likeness (QED) is 0.352. The van der Waals surface area contributed by atoms with E-state index in [0.29, 0.717) is 34.4 Å². The van der Waals surface area contributed by atoms with Crippen molar-refractivity contribution in [1.29, 1.82) is 0 Å². The normalized spacial score (nSPS) is 26.6. The van der Waals surface area contributed by atoms with E-state index in [1.165, 1.54) is 0 Å². The van der Waals surface area contributed by atoms with Gasteiger partial charge in [0.15, 0.2) is 0 Å². The van der Waals surface area contributed by atoms with Crippen LogP contribution in [0.25, 0.3) is 0 Å². The van der Waals surface area contributed by atoms with Gasteiger partial charge in [0.05, 0.1) is 30.2 Å². The number of amides is 1. The maximum Gasteiger partial charge on any atom is 0.416 e. The van der Waals surface area contributed by atoms with Crippen LogP contribution in [-0.4, -0.2) is 50.0 Å². The van der Waals surface area contributed by atoms with Gasteiger partial charge in [0.25, 0.3) is 10.0 Å². The van der Waals surface area contributed by atoms with Crippen molar-refractivity contribution in [3.8, 4) is 11.5 Å². The van der Waals surface area contributed by atoms with Crippen LogP contribution in [0, 0.1) is 17.3 Å². The Balaban J connectivity index is 1.43. The molecule has 0 spiro atoms. The first-order chi connectivity index (χ1) is 18.4. The Bertz CT molecular complexity index is 1410. The summed E-state index contributed by atoms with van der Waals surface area (Å²) in [5.41, 5.74) is -2.12. The van der Waals surface area contributed by atoms with Crippen LogP contribution < -0.4 is 9.47 Å². The van der Waals surface area contributed by atoms with Crippen molar-refractivity contribution in [3.63, 3.8) is 0 Å². The average Bonchev–Trinajstić information content (AvgIpc) is 3.32. The third kappa shape index (κ3) is 4.48. The zero-order chi connectivity index (χ0) is 28.2. The summed E-state index contributed by atoms with van der Waals surface area (Å²) in [5.74, 6) is -2.08. The lowest BCUT2D eigenvalue weighted by molar-refractivity contribution is -0.138. The minimum Gasteiger partial charge on any atom is -0.497 e. The van der Waals surface area contributed by atoms with E-state index in [1.54, 1.807) is 31.4 Å². The minimum atomic E-state index is -4.67. The lowest BCUT2D eigenvalue weighted by Gasteiger charge is -2.44. The van der Waals surface area contributed by atoms with Crippen LogP contribution in [0.2, 0.25) is 0 Å². The fourth-order valence-corrected chi connectivity index (χ4v) is 8.15. The van der Waals surface area contributed by atoms with Gasteiger partial charge in [-0.05, 0) is 67.3 Å². The Morgan fingerprint density at radius 3 is 2.21 bits per heavy atom. The number of halogens is 3. The van der Waals surface area contributed by atoms with E-state index >= 15 is 0 Å². The summed E-state index contributed by atoms with van der Waals surface area (Å²) in [4.78, 5) is 38.8. The number of ether oxygens (including phenoxy) is 2. The number of sulfonamides is 1. The van der Waals surface area contributed by atoms with E-state index in [4.69, 9.17) is 9.47 Å². The fraction of sp³-hybridized carbons (Fsp3) is 0.444. The number of carbonyl (C=O) groups excluding carboxylic acids is 3. The zero-order valence-corrected chi connectivity index (χ0v) is 21.8. The van der Waals surface area contributed by atoms with Crippen LogP contribution in [0.3, 0.4) is 0 Å². The standard InChI is InChI=1S/C27H26F3NO7S/c1-37-19-5-7-20(8-6-19)38-12-2-11-26-17-13-18(32)15-23(26)31(25(34)24(26)22(33)14-17)39(35,36)21-9-3-16(4-10-21)27(28,29)30/h3-10,17,23-24H,2,11-15H2,1H3/t17-,23-,24-,26+/m0/s1. The molecule has 2 aromatic rings. The van der Waals surface area contributed by atoms with E-state index < -0.39 is 61.6 Å². The number of hydrogen-bond donors (Lipinski definition) is 0. The smallest absolute Gasteiger partial charge is 0.416 e. The van der Waals surface area contributed by atoms with E-state index in [2.05, 4.69) is 0 Å². The van der Waals surface area contributed by atoms with Crippen LogP contribution >= 0.6 is 0 Å². The SMILES string of the molecule is COc1ccc(OCCC[C@@]23[C@H]4CC(=O)C[C@@H]2N(S(=O)(=O)c2ccc(C(F)(F)F)cc2)C(=O)[C@@H]3C(=O)C4)cc1. The first-order valence-electron chi connectivity index (χ1n) is 12.5. The van der Waals surface area contributed by atoms with Crippen molar-refractivity contribution >= 4 is 27.5 Å².